The highest BCUT2D eigenvalue weighted by Crippen LogP contribution is 2.32. The second-order valence-corrected chi connectivity index (χ2v) is 5.92. The molecule has 0 aliphatic carbocycles. The van der Waals surface area contributed by atoms with Crippen molar-refractivity contribution in [3.63, 3.8) is 0 Å². The van der Waals surface area contributed by atoms with Gasteiger partial charge < -0.3 is 5.32 Å². The van der Waals surface area contributed by atoms with Gasteiger partial charge in [0.2, 0.25) is 0 Å². The number of hydrogen-bond donors (Lipinski definition) is 1. The smallest absolute Gasteiger partial charge is 0.133 e. The van der Waals surface area contributed by atoms with Gasteiger partial charge in [-0.25, -0.2) is 9.97 Å². The fourth-order valence-corrected chi connectivity index (χ4v) is 2.96. The van der Waals surface area contributed by atoms with E-state index in [-0.39, 0.29) is 0 Å². The molecule has 0 aliphatic heterocycles. The van der Waals surface area contributed by atoms with Gasteiger partial charge in [0.1, 0.15) is 17.2 Å². The predicted molar refractivity (Wildman–Crippen MR) is 83.8 cm³/mol. The van der Waals surface area contributed by atoms with Gasteiger partial charge in [0, 0.05) is 21.5 Å². The lowest BCUT2D eigenvalue weighted by molar-refractivity contribution is 0.937. The van der Waals surface area contributed by atoms with Crippen molar-refractivity contribution in [2.24, 2.45) is 0 Å². The number of aromatic nitrogens is 2. The molecule has 5 heteroatoms. The van der Waals surface area contributed by atoms with Gasteiger partial charge in [0.05, 0.1) is 0 Å². The van der Waals surface area contributed by atoms with E-state index in [1.807, 2.05) is 12.1 Å². The Bertz CT molecular complexity index is 543. The largest absolute Gasteiger partial charge is 0.370 e. The van der Waals surface area contributed by atoms with Crippen molar-refractivity contribution in [3.05, 3.63) is 40.6 Å². The van der Waals surface area contributed by atoms with Crippen molar-refractivity contribution in [1.82, 2.24) is 9.97 Å². The molecule has 1 aromatic carbocycles. The zero-order chi connectivity index (χ0) is 13.7. The van der Waals surface area contributed by atoms with Crippen molar-refractivity contribution >= 4 is 33.5 Å². The normalized spacial score (nSPS) is 10.5. The predicted octanol–water partition coefficient (Wildman–Crippen LogP) is 4.38. The summed E-state index contributed by atoms with van der Waals surface area (Å²) < 4.78 is 1.09. The van der Waals surface area contributed by atoms with Crippen molar-refractivity contribution in [3.8, 4) is 0 Å². The second-order valence-electron chi connectivity index (χ2n) is 3.95. The summed E-state index contributed by atoms with van der Waals surface area (Å²) in [4.78, 5) is 9.90. The number of halogens is 1. The molecule has 0 spiro atoms. The maximum absolute atomic E-state index is 4.41. The molecule has 0 radical (unpaired) electrons. The maximum Gasteiger partial charge on any atom is 0.133 e. The van der Waals surface area contributed by atoms with Gasteiger partial charge in [-0.05, 0) is 37.6 Å². The van der Waals surface area contributed by atoms with E-state index in [1.165, 1.54) is 10.5 Å². The molecular weight excluding hydrogens is 322 g/mol. The van der Waals surface area contributed by atoms with Gasteiger partial charge >= 0.3 is 0 Å². The van der Waals surface area contributed by atoms with Crippen molar-refractivity contribution in [2.45, 2.75) is 30.2 Å². The third kappa shape index (κ3) is 3.70. The lowest BCUT2D eigenvalue weighted by Crippen LogP contribution is -2.05. The molecule has 19 heavy (non-hydrogen) atoms. The first-order valence-corrected chi connectivity index (χ1v) is 7.86. The summed E-state index contributed by atoms with van der Waals surface area (Å²) in [5, 5.41) is 4.31. The van der Waals surface area contributed by atoms with Crippen molar-refractivity contribution in [2.75, 3.05) is 11.9 Å². The minimum atomic E-state index is 0.867. The average molecular weight is 338 g/mol. The van der Waals surface area contributed by atoms with E-state index in [2.05, 4.69) is 57.2 Å². The molecule has 0 bridgehead atoms. The summed E-state index contributed by atoms with van der Waals surface area (Å²) in [6.07, 6.45) is 2.54. The van der Waals surface area contributed by atoms with Crippen molar-refractivity contribution < 1.29 is 0 Å². The van der Waals surface area contributed by atoms with E-state index in [1.54, 1.807) is 18.1 Å². The highest BCUT2D eigenvalue weighted by Gasteiger charge is 2.10. The molecule has 1 heterocycles. The Morgan fingerprint density at radius 3 is 2.53 bits per heavy atom. The molecule has 3 nitrogen and oxygen atoms in total. The van der Waals surface area contributed by atoms with Crippen LogP contribution in [0.5, 0.6) is 0 Å². The van der Waals surface area contributed by atoms with Gasteiger partial charge in [0.25, 0.3) is 0 Å². The van der Waals surface area contributed by atoms with E-state index in [9.17, 15) is 0 Å². The van der Waals surface area contributed by atoms with Gasteiger partial charge in [-0.2, -0.15) is 0 Å². The summed E-state index contributed by atoms with van der Waals surface area (Å²) in [7, 11) is 0. The van der Waals surface area contributed by atoms with Gasteiger partial charge in [-0.15, -0.1) is 0 Å². The standard InChI is InChI=1S/C14H16BrN3S/c1-3-12-13(16-4-2)17-9-18-14(12)19-11-7-5-10(15)6-8-11/h5-9H,3-4H2,1-2H3,(H,16,17,18). The Hall–Kier alpha value is -1.07. The van der Waals surface area contributed by atoms with Crippen molar-refractivity contribution in [1.29, 1.82) is 0 Å². The zero-order valence-corrected chi connectivity index (χ0v) is 13.4. The molecule has 0 amide bonds. The van der Waals surface area contributed by atoms with Crippen LogP contribution < -0.4 is 5.32 Å². The average Bonchev–Trinajstić information content (AvgIpc) is 2.42. The maximum atomic E-state index is 4.41. The number of benzene rings is 1. The minimum absolute atomic E-state index is 0.867. The summed E-state index contributed by atoms with van der Waals surface area (Å²) in [6.45, 7) is 5.07. The number of hydrogen-bond acceptors (Lipinski definition) is 4. The van der Waals surface area contributed by atoms with Gasteiger partial charge in [-0.1, -0.05) is 34.6 Å². The van der Waals surface area contributed by atoms with E-state index in [0.717, 1.165) is 28.3 Å². The van der Waals surface area contributed by atoms with Crippen LogP contribution in [0.4, 0.5) is 5.82 Å². The van der Waals surface area contributed by atoms with Crippen LogP contribution in [0.25, 0.3) is 0 Å². The topological polar surface area (TPSA) is 37.8 Å². The van der Waals surface area contributed by atoms with E-state index in [0.29, 0.717) is 0 Å². The highest BCUT2D eigenvalue weighted by molar-refractivity contribution is 9.10. The molecule has 2 rings (SSSR count). The monoisotopic (exact) mass is 337 g/mol. The first kappa shape index (κ1) is 14.3. The van der Waals surface area contributed by atoms with Crippen LogP contribution in [0.3, 0.4) is 0 Å². The van der Waals surface area contributed by atoms with Crippen LogP contribution in [-0.4, -0.2) is 16.5 Å². The van der Waals surface area contributed by atoms with Crippen LogP contribution in [0.2, 0.25) is 0 Å². The van der Waals surface area contributed by atoms with E-state index < -0.39 is 0 Å². The Morgan fingerprint density at radius 1 is 1.16 bits per heavy atom. The molecule has 0 atom stereocenters. The first-order valence-electron chi connectivity index (χ1n) is 6.25. The molecule has 0 unspecified atom stereocenters. The molecule has 0 saturated heterocycles. The van der Waals surface area contributed by atoms with Gasteiger partial charge in [0.15, 0.2) is 0 Å². The molecular formula is C14H16BrN3S. The Balaban J connectivity index is 2.28. The van der Waals surface area contributed by atoms with E-state index in [4.69, 9.17) is 0 Å². The summed E-state index contributed by atoms with van der Waals surface area (Å²) in [5.74, 6) is 0.944. The number of rotatable bonds is 5. The third-order valence-electron chi connectivity index (χ3n) is 2.63. The first-order chi connectivity index (χ1) is 9.24. The van der Waals surface area contributed by atoms with Crippen LogP contribution in [0.1, 0.15) is 19.4 Å². The number of nitrogens with zero attached hydrogens (tertiary/aromatic N) is 2. The fraction of sp³-hybridized carbons (Fsp3) is 0.286. The van der Waals surface area contributed by atoms with Gasteiger partial charge in [-0.3, -0.25) is 0 Å². The second kappa shape index (κ2) is 6.91. The summed E-state index contributed by atoms with van der Waals surface area (Å²) in [6, 6.07) is 8.26. The molecule has 1 aromatic heterocycles. The molecule has 2 aromatic rings. The quantitative estimate of drug-likeness (QED) is 0.821. The fourth-order valence-electron chi connectivity index (χ4n) is 1.74. The lowest BCUT2D eigenvalue weighted by Gasteiger charge is -2.11. The summed E-state index contributed by atoms with van der Waals surface area (Å²) >= 11 is 5.12. The van der Waals surface area contributed by atoms with E-state index >= 15 is 0 Å². The van der Waals surface area contributed by atoms with Crippen LogP contribution in [-0.2, 0) is 6.42 Å². The minimum Gasteiger partial charge on any atom is -0.370 e. The molecule has 0 aliphatic rings. The van der Waals surface area contributed by atoms with Crippen LogP contribution in [0, 0.1) is 0 Å². The Morgan fingerprint density at radius 2 is 1.89 bits per heavy atom. The molecule has 0 fully saturated rings. The lowest BCUT2D eigenvalue weighted by atomic mass is 10.2. The number of anilines is 1. The van der Waals surface area contributed by atoms with Crippen LogP contribution in [0.15, 0.2) is 45.0 Å². The Labute approximate surface area is 126 Å². The molecule has 1 N–H and O–H groups in total. The third-order valence-corrected chi connectivity index (χ3v) is 4.21. The summed E-state index contributed by atoms with van der Waals surface area (Å²) in [5.41, 5.74) is 1.18. The SMILES string of the molecule is CCNc1ncnc(Sc2ccc(Br)cc2)c1CC. The molecule has 0 saturated carbocycles. The Kier molecular flexibility index (Phi) is 5.22. The zero-order valence-electron chi connectivity index (χ0n) is 11.0. The highest BCUT2D eigenvalue weighted by atomic mass is 79.9. The number of nitrogens with one attached hydrogen (secondary N) is 1. The van der Waals surface area contributed by atoms with Crippen LogP contribution >= 0.6 is 27.7 Å². The molecule has 100 valence electrons.